The number of hydrogen-bond acceptors (Lipinski definition) is 8. The molecule has 0 bridgehead atoms. The Kier molecular flexibility index (Phi) is 40.6. The lowest BCUT2D eigenvalue weighted by Gasteiger charge is -2.18. The summed E-state index contributed by atoms with van der Waals surface area (Å²) in [5.74, 6) is -2.48. The molecule has 0 rings (SSSR count). The van der Waals surface area contributed by atoms with E-state index >= 15 is 0 Å². The van der Waals surface area contributed by atoms with E-state index in [1.807, 2.05) is 6.08 Å². The van der Waals surface area contributed by atoms with Gasteiger partial charge in [-0.15, -0.1) is 0 Å². The molecule has 3 unspecified atom stereocenters. The zero-order valence-electron chi connectivity index (χ0n) is 37.6. The number of allylic oxidation sites excluding steroid dienone is 20. The quantitative estimate of drug-likeness (QED) is 0.0201. The van der Waals surface area contributed by atoms with E-state index in [4.69, 9.17) is 13.8 Å². The van der Waals surface area contributed by atoms with E-state index in [1.54, 1.807) is 0 Å². The van der Waals surface area contributed by atoms with Crippen molar-refractivity contribution >= 4 is 25.7 Å². The molecule has 12 heteroatoms. The third kappa shape index (κ3) is 42.6. The van der Waals surface area contributed by atoms with Gasteiger partial charge in [-0.3, -0.25) is 18.6 Å². The number of carboxylic acids is 1. The molecule has 1 amide bonds. The van der Waals surface area contributed by atoms with Gasteiger partial charge in [-0.05, 0) is 103 Å². The highest BCUT2D eigenvalue weighted by Gasteiger charge is 2.28. The Morgan fingerprint density at radius 2 is 0.887 bits per heavy atom. The molecule has 0 aromatic heterocycles. The van der Waals surface area contributed by atoms with Crippen molar-refractivity contribution in [3.8, 4) is 0 Å². The van der Waals surface area contributed by atoms with Gasteiger partial charge in [0, 0.05) is 12.8 Å². The van der Waals surface area contributed by atoms with Crippen LogP contribution in [-0.2, 0) is 32.7 Å². The Morgan fingerprint density at radius 1 is 0.516 bits per heavy atom. The van der Waals surface area contributed by atoms with E-state index in [9.17, 15) is 34.1 Å². The zero-order valence-corrected chi connectivity index (χ0v) is 38.5. The molecule has 0 spiro atoms. The highest BCUT2D eigenvalue weighted by Crippen LogP contribution is 2.43. The number of carboxylic acid groups (broad SMARTS) is 1. The van der Waals surface area contributed by atoms with Gasteiger partial charge in [0.2, 0.25) is 5.91 Å². The number of amides is 1. The van der Waals surface area contributed by atoms with Crippen LogP contribution < -0.4 is 5.32 Å². The maximum Gasteiger partial charge on any atom is 0.472 e. The molecule has 348 valence electrons. The fraction of sp³-hybridized carbons (Fsp3) is 0.540. The first-order valence-electron chi connectivity index (χ1n) is 22.6. The maximum absolute atomic E-state index is 12.3. The summed E-state index contributed by atoms with van der Waals surface area (Å²) in [4.78, 5) is 45.9. The van der Waals surface area contributed by atoms with Gasteiger partial charge in [0.15, 0.2) is 6.04 Å². The van der Waals surface area contributed by atoms with Gasteiger partial charge in [-0.2, -0.15) is 0 Å². The number of aliphatic hydroxyl groups excluding tert-OH is 1. The summed E-state index contributed by atoms with van der Waals surface area (Å²) in [6.07, 6.45) is 58.0. The minimum Gasteiger partial charge on any atom is -0.480 e. The van der Waals surface area contributed by atoms with Crippen LogP contribution >= 0.6 is 7.82 Å². The highest BCUT2D eigenvalue weighted by molar-refractivity contribution is 7.47. The number of phosphoric acid groups is 1. The van der Waals surface area contributed by atoms with Crippen LogP contribution in [0.15, 0.2) is 122 Å². The molecule has 0 aliphatic rings. The number of carbonyl (C=O) groups excluding carboxylic acids is 2. The maximum atomic E-state index is 12.3. The van der Waals surface area contributed by atoms with Crippen LogP contribution in [0.5, 0.6) is 0 Å². The lowest BCUT2D eigenvalue weighted by molar-refractivity contribution is -0.147. The summed E-state index contributed by atoms with van der Waals surface area (Å²) in [5.41, 5.74) is 0. The predicted molar refractivity (Wildman–Crippen MR) is 253 cm³/mol. The molecular weight excluding hydrogens is 806 g/mol. The van der Waals surface area contributed by atoms with Crippen molar-refractivity contribution < 1.29 is 47.8 Å². The standard InChI is InChI=1S/C50H78NO10P/c1-3-5-7-9-11-13-15-17-19-20-21-22-23-24-25-26-28-30-32-34-36-38-40-42-49(54)59-43-46(52)44-60-62(57,58)61-45-47(50(55)56)51-48(53)41-39-37-35-33-31-29-27-18-16-14-12-10-8-6-4-2/h5-8,11-14,17-19,21-22,24-25,27-28,30-31,33,46-47,52H,3-4,9-10,15-16,20,23,26,29,32,34-45H2,1-2H3,(H,51,53)(H,55,56)(H,57,58)/b7-5-,8-6-,13-11-,14-12-,19-17-,22-21-,25-24-,27-18-,30-28-,33-31-. The summed E-state index contributed by atoms with van der Waals surface area (Å²) >= 11 is 0. The third-order valence-corrected chi connectivity index (χ3v) is 9.70. The topological polar surface area (TPSA) is 169 Å². The van der Waals surface area contributed by atoms with Crippen LogP contribution in [0.1, 0.15) is 142 Å². The normalized spacial score (nSPS) is 14.8. The molecule has 0 aliphatic heterocycles. The average Bonchev–Trinajstić information content (AvgIpc) is 3.25. The second kappa shape index (κ2) is 43.5. The molecular formula is C50H78NO10P. The lowest BCUT2D eigenvalue weighted by Crippen LogP contribution is -2.43. The summed E-state index contributed by atoms with van der Waals surface area (Å²) in [7, 11) is -4.79. The van der Waals surface area contributed by atoms with Crippen LogP contribution in [0.3, 0.4) is 0 Å². The van der Waals surface area contributed by atoms with Crippen LogP contribution in [0.4, 0.5) is 0 Å². The minimum atomic E-state index is -4.79. The van der Waals surface area contributed by atoms with E-state index < -0.39 is 57.6 Å². The number of rotatable bonds is 40. The van der Waals surface area contributed by atoms with Gasteiger partial charge < -0.3 is 25.2 Å². The number of carbonyl (C=O) groups is 3. The van der Waals surface area contributed by atoms with Crippen LogP contribution in [-0.4, -0.2) is 64.9 Å². The largest absolute Gasteiger partial charge is 0.480 e. The van der Waals surface area contributed by atoms with Gasteiger partial charge in [0.05, 0.1) is 13.2 Å². The Morgan fingerprint density at radius 3 is 1.32 bits per heavy atom. The summed E-state index contributed by atoms with van der Waals surface area (Å²) in [6, 6.07) is -1.58. The molecule has 0 aliphatic carbocycles. The predicted octanol–water partition coefficient (Wildman–Crippen LogP) is 12.0. The molecule has 4 N–H and O–H groups in total. The summed E-state index contributed by atoms with van der Waals surface area (Å²) in [6.45, 7) is 2.28. The number of hydrogen-bond donors (Lipinski definition) is 4. The molecule has 0 aromatic rings. The van der Waals surface area contributed by atoms with E-state index in [1.165, 1.54) is 0 Å². The van der Waals surface area contributed by atoms with Gasteiger partial charge in [-0.1, -0.05) is 148 Å². The summed E-state index contributed by atoms with van der Waals surface area (Å²) < 4.78 is 26.8. The first-order valence-corrected chi connectivity index (χ1v) is 24.1. The molecule has 62 heavy (non-hydrogen) atoms. The first kappa shape index (κ1) is 57.9. The minimum absolute atomic E-state index is 0.0839. The van der Waals surface area contributed by atoms with Crippen LogP contribution in [0.2, 0.25) is 0 Å². The SMILES string of the molecule is CC/C=C\C/C=C\C/C=C\C/C=C\C/C=C\C/C=C\CCCCCCC(=O)OCC(O)COP(=O)(O)OCC(NC(=O)CCCC/C=C\C/C=C\C/C=C\C/C=C\CC)C(=O)O. The number of nitrogens with one attached hydrogen (secondary N) is 1. The van der Waals surface area contributed by atoms with E-state index in [0.717, 1.165) is 103 Å². The Labute approximate surface area is 373 Å². The Hall–Kier alpha value is -4.12. The molecule has 0 fully saturated rings. The summed E-state index contributed by atoms with van der Waals surface area (Å²) in [5, 5.41) is 21.8. The van der Waals surface area contributed by atoms with Crippen molar-refractivity contribution in [3.05, 3.63) is 122 Å². The molecule has 0 radical (unpaired) electrons. The fourth-order valence-electron chi connectivity index (χ4n) is 5.31. The van der Waals surface area contributed by atoms with Crippen molar-refractivity contribution in [3.63, 3.8) is 0 Å². The lowest BCUT2D eigenvalue weighted by atomic mass is 10.1. The van der Waals surface area contributed by atoms with Crippen molar-refractivity contribution in [2.45, 2.75) is 154 Å². The molecule has 0 heterocycles. The smallest absolute Gasteiger partial charge is 0.472 e. The second-order valence-corrected chi connectivity index (χ2v) is 15.9. The Balaban J connectivity index is 4.00. The van der Waals surface area contributed by atoms with Gasteiger partial charge in [-0.25, -0.2) is 9.36 Å². The monoisotopic (exact) mass is 884 g/mol. The molecule has 11 nitrogen and oxygen atoms in total. The number of phosphoric ester groups is 1. The van der Waals surface area contributed by atoms with Gasteiger partial charge >= 0.3 is 19.8 Å². The number of unbranched alkanes of at least 4 members (excludes halogenated alkanes) is 6. The zero-order chi connectivity index (χ0) is 45.6. The first-order chi connectivity index (χ1) is 30.1. The van der Waals surface area contributed by atoms with Crippen molar-refractivity contribution in [1.82, 2.24) is 5.32 Å². The van der Waals surface area contributed by atoms with Crippen LogP contribution in [0.25, 0.3) is 0 Å². The Bertz CT molecular complexity index is 1500. The third-order valence-electron chi connectivity index (χ3n) is 8.75. The highest BCUT2D eigenvalue weighted by atomic mass is 31.2. The molecule has 0 saturated carbocycles. The van der Waals surface area contributed by atoms with Crippen molar-refractivity contribution in [1.29, 1.82) is 0 Å². The number of esters is 1. The van der Waals surface area contributed by atoms with E-state index in [-0.39, 0.29) is 12.8 Å². The number of aliphatic carboxylic acids is 1. The average molecular weight is 884 g/mol. The fourth-order valence-corrected chi connectivity index (χ4v) is 6.08. The van der Waals surface area contributed by atoms with Crippen molar-refractivity contribution in [2.24, 2.45) is 0 Å². The van der Waals surface area contributed by atoms with Gasteiger partial charge in [0.25, 0.3) is 0 Å². The molecule has 0 saturated heterocycles. The van der Waals surface area contributed by atoms with Gasteiger partial charge in [0.1, 0.15) is 12.7 Å². The van der Waals surface area contributed by atoms with Crippen molar-refractivity contribution in [2.75, 3.05) is 19.8 Å². The van der Waals surface area contributed by atoms with Crippen LogP contribution in [0, 0.1) is 0 Å². The number of ether oxygens (including phenoxy) is 1. The molecule has 3 atom stereocenters. The second-order valence-electron chi connectivity index (χ2n) is 14.5. The number of aliphatic hydroxyl groups is 1. The van der Waals surface area contributed by atoms with E-state index in [0.29, 0.717) is 12.8 Å². The molecule has 0 aromatic carbocycles. The van der Waals surface area contributed by atoms with E-state index in [2.05, 4.69) is 135 Å².